The van der Waals surface area contributed by atoms with Crippen LogP contribution in [0.4, 0.5) is 11.8 Å². The van der Waals surface area contributed by atoms with E-state index in [-0.39, 0.29) is 5.91 Å². The quantitative estimate of drug-likeness (QED) is 0.720. The highest BCUT2D eigenvalue weighted by molar-refractivity contribution is 6.32. The first-order valence-corrected chi connectivity index (χ1v) is 10.4. The van der Waals surface area contributed by atoms with Crippen LogP contribution < -0.4 is 20.3 Å². The highest BCUT2D eigenvalue weighted by Gasteiger charge is 2.48. The number of nitrogens with one attached hydrogen (secondary N) is 2. The minimum atomic E-state index is -0.186. The molecule has 1 aliphatic heterocycles. The van der Waals surface area contributed by atoms with Gasteiger partial charge in [-0.1, -0.05) is 17.7 Å². The second kappa shape index (κ2) is 8.06. The van der Waals surface area contributed by atoms with Gasteiger partial charge in [0.2, 0.25) is 5.95 Å². The van der Waals surface area contributed by atoms with E-state index in [4.69, 9.17) is 21.3 Å². The fraction of sp³-hybridized carbons (Fsp3) is 0.476. The third-order valence-electron chi connectivity index (χ3n) is 5.71. The van der Waals surface area contributed by atoms with Crippen LogP contribution in [0.1, 0.15) is 42.1 Å². The number of carbonyl (C=O) groups is 1. The molecule has 1 aliphatic carbocycles. The van der Waals surface area contributed by atoms with Crippen LogP contribution >= 0.6 is 11.6 Å². The van der Waals surface area contributed by atoms with Crippen molar-refractivity contribution in [3.63, 3.8) is 0 Å². The SMILES string of the molecule is CCNC(=O)c1cnc(N2CCC3(CC3)C2)nc1NCc1ccc(OC)c(Cl)c1. The summed E-state index contributed by atoms with van der Waals surface area (Å²) in [6.07, 6.45) is 5.41. The van der Waals surface area contributed by atoms with Crippen LogP contribution in [0.3, 0.4) is 0 Å². The van der Waals surface area contributed by atoms with E-state index in [2.05, 4.69) is 20.5 Å². The monoisotopic (exact) mass is 415 g/mol. The molecule has 154 valence electrons. The van der Waals surface area contributed by atoms with E-state index in [9.17, 15) is 4.79 Å². The van der Waals surface area contributed by atoms with E-state index >= 15 is 0 Å². The Morgan fingerprint density at radius 1 is 1.34 bits per heavy atom. The zero-order valence-corrected chi connectivity index (χ0v) is 17.6. The van der Waals surface area contributed by atoms with Crippen molar-refractivity contribution in [3.8, 4) is 5.75 Å². The summed E-state index contributed by atoms with van der Waals surface area (Å²) < 4.78 is 5.20. The van der Waals surface area contributed by atoms with Crippen molar-refractivity contribution in [2.75, 3.05) is 37.0 Å². The van der Waals surface area contributed by atoms with Crippen LogP contribution in [0, 0.1) is 5.41 Å². The molecule has 0 bridgehead atoms. The highest BCUT2D eigenvalue weighted by atomic mass is 35.5. The van der Waals surface area contributed by atoms with Gasteiger partial charge in [0.05, 0.1) is 12.1 Å². The molecule has 4 rings (SSSR count). The minimum absolute atomic E-state index is 0.186. The van der Waals surface area contributed by atoms with Gasteiger partial charge in [-0.3, -0.25) is 4.79 Å². The standard InChI is InChI=1S/C21H26ClN5O2/c1-3-23-19(28)15-12-25-20(27-9-8-21(13-27)6-7-21)26-18(15)24-11-14-4-5-17(29-2)16(22)10-14/h4-5,10,12H,3,6-9,11,13H2,1-2H3,(H,23,28)(H,24,25,26). The lowest BCUT2D eigenvalue weighted by molar-refractivity contribution is 0.0956. The summed E-state index contributed by atoms with van der Waals surface area (Å²) >= 11 is 6.23. The van der Waals surface area contributed by atoms with Gasteiger partial charge in [0.1, 0.15) is 17.1 Å². The van der Waals surface area contributed by atoms with E-state index in [0.717, 1.165) is 18.7 Å². The van der Waals surface area contributed by atoms with Crippen molar-refractivity contribution in [1.29, 1.82) is 0 Å². The number of carbonyl (C=O) groups excluding carboxylic acids is 1. The smallest absolute Gasteiger partial charge is 0.256 e. The van der Waals surface area contributed by atoms with Crippen LogP contribution in [-0.2, 0) is 6.54 Å². The van der Waals surface area contributed by atoms with Gasteiger partial charge in [-0.2, -0.15) is 4.98 Å². The van der Waals surface area contributed by atoms with Crippen molar-refractivity contribution in [3.05, 3.63) is 40.5 Å². The average molecular weight is 416 g/mol. The second-order valence-corrected chi connectivity index (χ2v) is 8.19. The Morgan fingerprint density at radius 2 is 2.17 bits per heavy atom. The van der Waals surface area contributed by atoms with Gasteiger partial charge in [-0.25, -0.2) is 4.98 Å². The van der Waals surface area contributed by atoms with Crippen molar-refractivity contribution < 1.29 is 9.53 Å². The maximum absolute atomic E-state index is 12.5. The largest absolute Gasteiger partial charge is 0.495 e. The zero-order valence-electron chi connectivity index (χ0n) is 16.8. The van der Waals surface area contributed by atoms with Gasteiger partial charge in [-0.05, 0) is 49.3 Å². The number of aromatic nitrogens is 2. The molecule has 0 atom stereocenters. The molecular formula is C21H26ClN5O2. The first kappa shape index (κ1) is 19.8. The number of amides is 1. The number of anilines is 2. The fourth-order valence-electron chi connectivity index (χ4n) is 3.78. The first-order chi connectivity index (χ1) is 14.0. The Balaban J connectivity index is 1.55. The van der Waals surface area contributed by atoms with Gasteiger partial charge >= 0.3 is 0 Å². The average Bonchev–Trinajstić information content (AvgIpc) is 3.35. The Morgan fingerprint density at radius 3 is 2.83 bits per heavy atom. The van der Waals surface area contributed by atoms with Gasteiger partial charge < -0.3 is 20.3 Å². The Hall–Kier alpha value is -2.54. The summed E-state index contributed by atoms with van der Waals surface area (Å²) in [7, 11) is 1.59. The number of halogens is 1. The molecule has 1 spiro atoms. The molecule has 2 aliphatic rings. The van der Waals surface area contributed by atoms with Gasteiger partial charge in [0.25, 0.3) is 5.91 Å². The van der Waals surface area contributed by atoms with E-state index in [1.165, 1.54) is 19.3 Å². The topological polar surface area (TPSA) is 79.4 Å². The number of nitrogens with zero attached hydrogens (tertiary/aromatic N) is 3. The summed E-state index contributed by atoms with van der Waals surface area (Å²) in [6, 6.07) is 5.61. The van der Waals surface area contributed by atoms with E-state index < -0.39 is 0 Å². The highest BCUT2D eigenvalue weighted by Crippen LogP contribution is 2.53. The number of hydrogen-bond acceptors (Lipinski definition) is 6. The van der Waals surface area contributed by atoms with Crippen molar-refractivity contribution in [2.24, 2.45) is 5.41 Å². The number of hydrogen-bond donors (Lipinski definition) is 2. The molecular weight excluding hydrogens is 390 g/mol. The van der Waals surface area contributed by atoms with Crippen molar-refractivity contribution in [2.45, 2.75) is 32.7 Å². The maximum Gasteiger partial charge on any atom is 0.256 e. The molecule has 29 heavy (non-hydrogen) atoms. The lowest BCUT2D eigenvalue weighted by Gasteiger charge is -2.19. The number of ether oxygens (including phenoxy) is 1. The third kappa shape index (κ3) is 4.24. The van der Waals surface area contributed by atoms with Crippen molar-refractivity contribution >= 4 is 29.3 Å². The number of rotatable bonds is 7. The molecule has 1 aromatic heterocycles. The summed E-state index contributed by atoms with van der Waals surface area (Å²) in [5.41, 5.74) is 1.89. The molecule has 2 N–H and O–H groups in total. The molecule has 1 saturated carbocycles. The first-order valence-electron chi connectivity index (χ1n) is 10.00. The molecule has 2 fully saturated rings. The Labute approximate surface area is 175 Å². The molecule has 2 heterocycles. The molecule has 0 radical (unpaired) electrons. The third-order valence-corrected chi connectivity index (χ3v) is 6.01. The number of methoxy groups -OCH3 is 1. The Kier molecular flexibility index (Phi) is 5.50. The molecule has 8 heteroatoms. The lowest BCUT2D eigenvalue weighted by atomic mass is 10.1. The van der Waals surface area contributed by atoms with Gasteiger partial charge in [0.15, 0.2) is 0 Å². The summed E-state index contributed by atoms with van der Waals surface area (Å²) in [5, 5.41) is 6.67. The van der Waals surface area contributed by atoms with Crippen LogP contribution in [0.2, 0.25) is 5.02 Å². The van der Waals surface area contributed by atoms with Crippen LogP contribution in [0.5, 0.6) is 5.75 Å². The summed E-state index contributed by atoms with van der Waals surface area (Å²) in [6.45, 7) is 4.88. The second-order valence-electron chi connectivity index (χ2n) is 7.79. The molecule has 1 amide bonds. The molecule has 2 aromatic rings. The maximum atomic E-state index is 12.5. The molecule has 1 aromatic carbocycles. The zero-order chi connectivity index (χ0) is 20.4. The predicted octanol–water partition coefficient (Wildman–Crippen LogP) is 3.49. The van der Waals surface area contributed by atoms with Crippen LogP contribution in [0.15, 0.2) is 24.4 Å². The normalized spacial score (nSPS) is 16.7. The van der Waals surface area contributed by atoms with Crippen LogP contribution in [0.25, 0.3) is 0 Å². The molecule has 0 unspecified atom stereocenters. The Bertz CT molecular complexity index is 916. The van der Waals surface area contributed by atoms with E-state index in [0.29, 0.717) is 46.6 Å². The summed E-state index contributed by atoms with van der Waals surface area (Å²) in [5.74, 6) is 1.65. The van der Waals surface area contributed by atoms with Gasteiger partial charge in [0, 0.05) is 32.4 Å². The number of benzene rings is 1. The summed E-state index contributed by atoms with van der Waals surface area (Å²) in [4.78, 5) is 23.9. The van der Waals surface area contributed by atoms with Crippen molar-refractivity contribution in [1.82, 2.24) is 15.3 Å². The molecule has 7 nitrogen and oxygen atoms in total. The fourth-order valence-corrected chi connectivity index (χ4v) is 4.06. The predicted molar refractivity (Wildman–Crippen MR) is 114 cm³/mol. The lowest BCUT2D eigenvalue weighted by Crippen LogP contribution is -2.27. The van der Waals surface area contributed by atoms with E-state index in [1.54, 1.807) is 13.3 Å². The van der Waals surface area contributed by atoms with E-state index in [1.807, 2.05) is 25.1 Å². The van der Waals surface area contributed by atoms with Gasteiger partial charge in [-0.15, -0.1) is 0 Å². The molecule has 1 saturated heterocycles. The van der Waals surface area contributed by atoms with Crippen LogP contribution in [-0.4, -0.2) is 42.6 Å². The minimum Gasteiger partial charge on any atom is -0.495 e.